The number of aliphatic carboxylic acids is 1. The minimum Gasteiger partial charge on any atom is -0.483 e. The van der Waals surface area contributed by atoms with E-state index < -0.39 is 5.97 Å². The van der Waals surface area contributed by atoms with Crippen LogP contribution in [0.5, 0.6) is 0 Å². The first-order valence-electron chi connectivity index (χ1n) is 12.8. The molecule has 2 saturated heterocycles. The van der Waals surface area contributed by atoms with E-state index in [0.717, 1.165) is 58.4 Å². The monoisotopic (exact) mass is 480 g/mol. The molecule has 0 amide bonds. The second-order valence-electron chi connectivity index (χ2n) is 9.86. The summed E-state index contributed by atoms with van der Waals surface area (Å²) < 4.78 is 0. The topological polar surface area (TPSA) is 81.1 Å². The van der Waals surface area contributed by atoms with E-state index in [-0.39, 0.29) is 12.4 Å². The van der Waals surface area contributed by atoms with E-state index in [0.29, 0.717) is 5.92 Å². The number of para-hydroxylation sites is 1. The summed E-state index contributed by atoms with van der Waals surface area (Å²) in [6.07, 6.45) is 3.70. The SMILES string of the molecule is CCc1cccc(CC)c1N1CC(c2cc(C)c(CN3CCC(C(=O)O)CC3)c(C)c2)C1.O=CO. The number of aryl methyl sites for hydroxylation is 4. The van der Waals surface area contributed by atoms with Gasteiger partial charge in [-0.05, 0) is 86.0 Å². The average Bonchev–Trinajstić information content (AvgIpc) is 2.81. The molecule has 4 rings (SSSR count). The summed E-state index contributed by atoms with van der Waals surface area (Å²) >= 11 is 0. The van der Waals surface area contributed by atoms with Gasteiger partial charge in [-0.2, -0.15) is 0 Å². The molecule has 0 saturated carbocycles. The van der Waals surface area contributed by atoms with Crippen molar-refractivity contribution in [2.24, 2.45) is 5.92 Å². The Morgan fingerprint density at radius 1 is 1.03 bits per heavy atom. The number of benzene rings is 2. The number of rotatable bonds is 7. The van der Waals surface area contributed by atoms with Gasteiger partial charge in [0.1, 0.15) is 0 Å². The zero-order chi connectivity index (χ0) is 25.5. The van der Waals surface area contributed by atoms with Crippen molar-refractivity contribution in [2.45, 2.75) is 65.8 Å². The van der Waals surface area contributed by atoms with E-state index in [1.165, 1.54) is 39.1 Å². The van der Waals surface area contributed by atoms with Crippen LogP contribution in [0.2, 0.25) is 0 Å². The number of carboxylic acid groups (broad SMARTS) is 2. The Balaban J connectivity index is 0.00000108. The summed E-state index contributed by atoms with van der Waals surface area (Å²) in [6, 6.07) is 11.6. The Labute approximate surface area is 209 Å². The van der Waals surface area contributed by atoms with Gasteiger partial charge in [0.05, 0.1) is 5.92 Å². The number of likely N-dealkylation sites (tertiary alicyclic amines) is 1. The molecule has 0 spiro atoms. The van der Waals surface area contributed by atoms with Crippen LogP contribution < -0.4 is 4.90 Å². The second-order valence-corrected chi connectivity index (χ2v) is 9.86. The number of nitrogens with zero attached hydrogens (tertiary/aromatic N) is 2. The van der Waals surface area contributed by atoms with Crippen molar-refractivity contribution in [1.82, 2.24) is 4.90 Å². The Bertz CT molecular complexity index is 976. The molecule has 2 N–H and O–H groups in total. The molecule has 2 aromatic carbocycles. The fraction of sp³-hybridized carbons (Fsp3) is 0.517. The predicted octanol–water partition coefficient (Wildman–Crippen LogP) is 5.03. The highest BCUT2D eigenvalue weighted by molar-refractivity contribution is 5.70. The van der Waals surface area contributed by atoms with Crippen molar-refractivity contribution >= 4 is 18.1 Å². The largest absolute Gasteiger partial charge is 0.483 e. The van der Waals surface area contributed by atoms with Crippen LogP contribution in [0.4, 0.5) is 5.69 Å². The number of carbonyl (C=O) groups is 2. The summed E-state index contributed by atoms with van der Waals surface area (Å²) in [7, 11) is 0. The molecule has 2 heterocycles. The van der Waals surface area contributed by atoms with Gasteiger partial charge in [-0.25, -0.2) is 0 Å². The van der Waals surface area contributed by atoms with E-state index >= 15 is 0 Å². The number of piperidine rings is 1. The molecule has 0 bridgehead atoms. The minimum atomic E-state index is -0.636. The normalized spacial score (nSPS) is 16.9. The van der Waals surface area contributed by atoms with Gasteiger partial charge in [0, 0.05) is 31.2 Å². The number of anilines is 1. The van der Waals surface area contributed by atoms with E-state index in [9.17, 15) is 9.90 Å². The van der Waals surface area contributed by atoms with Gasteiger partial charge in [0.25, 0.3) is 6.47 Å². The highest BCUT2D eigenvalue weighted by atomic mass is 16.4. The van der Waals surface area contributed by atoms with Crippen LogP contribution in [0.15, 0.2) is 30.3 Å². The highest BCUT2D eigenvalue weighted by Crippen LogP contribution is 2.37. The molecule has 2 fully saturated rings. The lowest BCUT2D eigenvalue weighted by Gasteiger charge is -2.43. The molecule has 6 heteroatoms. The molecule has 190 valence electrons. The Hall–Kier alpha value is -2.86. The first-order valence-corrected chi connectivity index (χ1v) is 12.8. The summed E-state index contributed by atoms with van der Waals surface area (Å²) in [5.74, 6) is -0.200. The van der Waals surface area contributed by atoms with Gasteiger partial charge < -0.3 is 15.1 Å². The van der Waals surface area contributed by atoms with Crippen molar-refractivity contribution in [1.29, 1.82) is 0 Å². The zero-order valence-corrected chi connectivity index (χ0v) is 21.6. The van der Waals surface area contributed by atoms with Gasteiger partial charge in [-0.15, -0.1) is 0 Å². The van der Waals surface area contributed by atoms with Gasteiger partial charge in [0.15, 0.2) is 0 Å². The smallest absolute Gasteiger partial charge is 0.306 e. The zero-order valence-electron chi connectivity index (χ0n) is 21.6. The first kappa shape index (κ1) is 26.7. The molecule has 0 radical (unpaired) electrons. The van der Waals surface area contributed by atoms with Crippen molar-refractivity contribution < 1.29 is 19.8 Å². The molecular weight excluding hydrogens is 440 g/mol. The number of hydrogen-bond donors (Lipinski definition) is 2. The number of hydrogen-bond acceptors (Lipinski definition) is 4. The summed E-state index contributed by atoms with van der Waals surface area (Å²) in [4.78, 5) is 24.6. The van der Waals surface area contributed by atoms with Crippen LogP contribution in [-0.4, -0.2) is 53.7 Å². The van der Waals surface area contributed by atoms with Crippen LogP contribution in [-0.2, 0) is 29.0 Å². The van der Waals surface area contributed by atoms with E-state index in [1.807, 2.05) is 0 Å². The molecule has 0 aliphatic carbocycles. The van der Waals surface area contributed by atoms with Gasteiger partial charge in [0.2, 0.25) is 0 Å². The highest BCUT2D eigenvalue weighted by Gasteiger charge is 2.31. The molecular formula is C29H40N2O4. The van der Waals surface area contributed by atoms with Crippen molar-refractivity contribution in [3.63, 3.8) is 0 Å². The molecule has 0 unspecified atom stereocenters. The van der Waals surface area contributed by atoms with Crippen LogP contribution in [0.25, 0.3) is 0 Å². The maximum absolute atomic E-state index is 11.2. The lowest BCUT2D eigenvalue weighted by Crippen LogP contribution is -2.46. The standard InChI is InChI=1S/C28H38N2O2.CH2O2/c1-5-21-8-7-9-22(6-2)27(21)30-16-25(17-30)24-14-19(3)26(20(4)15-24)18-29-12-10-23(11-13-29)28(31)32;2-1-3/h7-9,14-15,23,25H,5-6,10-13,16-18H2,1-4H3,(H,31,32);1H,(H,2,3). The van der Waals surface area contributed by atoms with Crippen LogP contribution in [0.1, 0.15) is 66.0 Å². The maximum atomic E-state index is 11.2. The fourth-order valence-electron chi connectivity index (χ4n) is 5.57. The minimum absolute atomic E-state index is 0.163. The average molecular weight is 481 g/mol. The first-order chi connectivity index (χ1) is 16.8. The van der Waals surface area contributed by atoms with Gasteiger partial charge in [-0.3, -0.25) is 14.5 Å². The van der Waals surface area contributed by atoms with E-state index in [2.05, 4.69) is 67.8 Å². The van der Waals surface area contributed by atoms with Crippen LogP contribution in [0, 0.1) is 19.8 Å². The number of carboxylic acids is 1. The Morgan fingerprint density at radius 3 is 2.00 bits per heavy atom. The molecule has 2 aromatic rings. The molecule has 0 aromatic heterocycles. The molecule has 6 nitrogen and oxygen atoms in total. The maximum Gasteiger partial charge on any atom is 0.306 e. The molecule has 0 atom stereocenters. The predicted molar refractivity (Wildman–Crippen MR) is 140 cm³/mol. The third-order valence-electron chi connectivity index (χ3n) is 7.67. The van der Waals surface area contributed by atoms with Gasteiger partial charge in [-0.1, -0.05) is 44.2 Å². The third kappa shape index (κ3) is 6.23. The Morgan fingerprint density at radius 2 is 1.54 bits per heavy atom. The van der Waals surface area contributed by atoms with Crippen LogP contribution >= 0.6 is 0 Å². The quantitative estimate of drug-likeness (QED) is 0.541. The summed E-state index contributed by atoms with van der Waals surface area (Å²) in [5, 5.41) is 16.1. The lowest BCUT2D eigenvalue weighted by atomic mass is 9.85. The second kappa shape index (κ2) is 12.2. The summed E-state index contributed by atoms with van der Waals surface area (Å²) in [6.45, 7) is 13.6. The lowest BCUT2D eigenvalue weighted by molar-refractivity contribution is -0.143. The molecule has 2 aliphatic heterocycles. The van der Waals surface area contributed by atoms with E-state index in [1.54, 1.807) is 0 Å². The molecule has 2 aliphatic rings. The molecule has 35 heavy (non-hydrogen) atoms. The van der Waals surface area contributed by atoms with Crippen molar-refractivity contribution in [3.8, 4) is 0 Å². The van der Waals surface area contributed by atoms with E-state index in [4.69, 9.17) is 9.90 Å². The van der Waals surface area contributed by atoms with Crippen molar-refractivity contribution in [2.75, 3.05) is 31.1 Å². The van der Waals surface area contributed by atoms with Gasteiger partial charge >= 0.3 is 5.97 Å². The third-order valence-corrected chi connectivity index (χ3v) is 7.67. The van der Waals surface area contributed by atoms with Crippen LogP contribution in [0.3, 0.4) is 0 Å². The Kier molecular flexibility index (Phi) is 9.33. The van der Waals surface area contributed by atoms with Crippen molar-refractivity contribution in [3.05, 3.63) is 63.7 Å². The summed E-state index contributed by atoms with van der Waals surface area (Å²) in [5.41, 5.74) is 10.1. The fourth-order valence-corrected chi connectivity index (χ4v) is 5.57.